The molecule has 0 bridgehead atoms. The van der Waals surface area contributed by atoms with Crippen molar-refractivity contribution in [3.05, 3.63) is 35.4 Å². The van der Waals surface area contributed by atoms with Gasteiger partial charge in [0.2, 0.25) is 5.91 Å². The van der Waals surface area contributed by atoms with Crippen LogP contribution in [-0.2, 0) is 10.2 Å². The molecule has 0 saturated carbocycles. The Hall–Kier alpha value is -1.39. The van der Waals surface area contributed by atoms with Crippen LogP contribution in [0.5, 0.6) is 0 Å². The maximum absolute atomic E-state index is 11.6. The van der Waals surface area contributed by atoms with E-state index in [9.17, 15) is 9.90 Å². The van der Waals surface area contributed by atoms with Crippen LogP contribution in [0.15, 0.2) is 24.3 Å². The summed E-state index contributed by atoms with van der Waals surface area (Å²) in [6.45, 7) is 8.91. The number of carbonyl (C=O) groups is 1. The van der Waals surface area contributed by atoms with Crippen LogP contribution in [0.1, 0.15) is 51.3 Å². The van der Waals surface area contributed by atoms with E-state index in [1.54, 1.807) is 19.0 Å². The summed E-state index contributed by atoms with van der Waals surface area (Å²) in [6, 6.07) is 8.12. The lowest BCUT2D eigenvalue weighted by atomic mass is 9.86. The highest BCUT2D eigenvalue weighted by atomic mass is 16.3. The minimum Gasteiger partial charge on any atom is -0.387 e. The number of carbonyl (C=O) groups excluding carboxylic acids is 1. The van der Waals surface area contributed by atoms with E-state index < -0.39 is 6.10 Å². The van der Waals surface area contributed by atoms with Gasteiger partial charge in [0, 0.05) is 33.1 Å². The average molecular weight is 306 g/mol. The average Bonchev–Trinajstić information content (AvgIpc) is 2.43. The zero-order valence-corrected chi connectivity index (χ0v) is 14.7. The van der Waals surface area contributed by atoms with Gasteiger partial charge in [-0.25, -0.2) is 0 Å². The number of nitrogens with one attached hydrogen (secondary N) is 1. The first-order valence-electron chi connectivity index (χ1n) is 7.83. The molecular formula is C18H30N2O2. The zero-order chi connectivity index (χ0) is 16.9. The predicted molar refractivity (Wildman–Crippen MR) is 90.9 cm³/mol. The van der Waals surface area contributed by atoms with E-state index in [0.29, 0.717) is 13.0 Å². The van der Waals surface area contributed by atoms with E-state index in [1.165, 1.54) is 5.56 Å². The summed E-state index contributed by atoms with van der Waals surface area (Å²) in [4.78, 5) is 13.2. The highest BCUT2D eigenvalue weighted by Crippen LogP contribution is 2.23. The van der Waals surface area contributed by atoms with Gasteiger partial charge in [-0.1, -0.05) is 45.0 Å². The van der Waals surface area contributed by atoms with Gasteiger partial charge in [0.15, 0.2) is 0 Å². The van der Waals surface area contributed by atoms with E-state index in [0.717, 1.165) is 5.56 Å². The molecule has 0 aromatic heterocycles. The number of aliphatic hydroxyl groups is 1. The van der Waals surface area contributed by atoms with Crippen molar-refractivity contribution in [3.8, 4) is 0 Å². The molecule has 2 atom stereocenters. The third-order valence-electron chi connectivity index (χ3n) is 3.80. The van der Waals surface area contributed by atoms with Crippen LogP contribution in [0.4, 0.5) is 0 Å². The van der Waals surface area contributed by atoms with Crippen molar-refractivity contribution in [2.45, 2.75) is 51.7 Å². The Bertz CT molecular complexity index is 475. The summed E-state index contributed by atoms with van der Waals surface area (Å²) in [7, 11) is 3.50. The molecule has 1 aromatic carbocycles. The molecule has 0 heterocycles. The fourth-order valence-corrected chi connectivity index (χ4v) is 2.15. The van der Waals surface area contributed by atoms with Crippen LogP contribution in [0.2, 0.25) is 0 Å². The molecule has 124 valence electrons. The maximum Gasteiger partial charge on any atom is 0.223 e. The van der Waals surface area contributed by atoms with Crippen LogP contribution in [0, 0.1) is 0 Å². The van der Waals surface area contributed by atoms with Crippen molar-refractivity contribution >= 4 is 5.91 Å². The van der Waals surface area contributed by atoms with Crippen molar-refractivity contribution < 1.29 is 9.90 Å². The number of hydrogen-bond acceptors (Lipinski definition) is 3. The number of amides is 1. The van der Waals surface area contributed by atoms with E-state index in [-0.39, 0.29) is 17.4 Å². The lowest BCUT2D eigenvalue weighted by molar-refractivity contribution is -0.129. The first-order valence-corrected chi connectivity index (χ1v) is 7.83. The summed E-state index contributed by atoms with van der Waals surface area (Å²) >= 11 is 0. The van der Waals surface area contributed by atoms with Gasteiger partial charge in [-0.2, -0.15) is 0 Å². The fourth-order valence-electron chi connectivity index (χ4n) is 2.15. The quantitative estimate of drug-likeness (QED) is 0.849. The zero-order valence-electron chi connectivity index (χ0n) is 14.7. The van der Waals surface area contributed by atoms with E-state index in [4.69, 9.17) is 0 Å². The molecule has 0 aliphatic rings. The molecule has 1 amide bonds. The molecule has 1 rings (SSSR count). The molecule has 0 spiro atoms. The molecule has 0 fully saturated rings. The van der Waals surface area contributed by atoms with E-state index in [1.807, 2.05) is 19.1 Å². The molecule has 2 N–H and O–H groups in total. The van der Waals surface area contributed by atoms with Crippen LogP contribution >= 0.6 is 0 Å². The summed E-state index contributed by atoms with van der Waals surface area (Å²) < 4.78 is 0. The number of hydrogen-bond donors (Lipinski definition) is 2. The minimum absolute atomic E-state index is 0.0402. The predicted octanol–water partition coefficient (Wildman–Crippen LogP) is 2.47. The highest BCUT2D eigenvalue weighted by molar-refractivity contribution is 5.76. The third-order valence-corrected chi connectivity index (χ3v) is 3.80. The summed E-state index contributed by atoms with van der Waals surface area (Å²) in [5, 5.41) is 13.5. The second-order valence-corrected chi connectivity index (χ2v) is 7.19. The SMILES string of the molecule is CC(CC(=O)N(C)C)NCC(O)c1ccc(C(C)(C)C)cc1. The normalized spacial score (nSPS) is 14.5. The van der Waals surface area contributed by atoms with E-state index in [2.05, 4.69) is 38.2 Å². The van der Waals surface area contributed by atoms with E-state index >= 15 is 0 Å². The van der Waals surface area contributed by atoms with Gasteiger partial charge < -0.3 is 15.3 Å². The summed E-state index contributed by atoms with van der Waals surface area (Å²) in [6.07, 6.45) is -0.131. The second-order valence-electron chi connectivity index (χ2n) is 7.19. The van der Waals surface area contributed by atoms with Crippen molar-refractivity contribution in [1.29, 1.82) is 0 Å². The maximum atomic E-state index is 11.6. The third kappa shape index (κ3) is 5.78. The van der Waals surface area contributed by atoms with Crippen molar-refractivity contribution in [3.63, 3.8) is 0 Å². The fraction of sp³-hybridized carbons (Fsp3) is 0.611. The minimum atomic E-state index is -0.564. The van der Waals surface area contributed by atoms with Crippen molar-refractivity contribution in [2.75, 3.05) is 20.6 Å². The number of benzene rings is 1. The Kier molecular flexibility index (Phi) is 6.57. The molecule has 22 heavy (non-hydrogen) atoms. The Labute approximate surface area is 134 Å². The van der Waals surface area contributed by atoms with Crippen LogP contribution in [0.3, 0.4) is 0 Å². The van der Waals surface area contributed by atoms with Gasteiger partial charge in [-0.05, 0) is 23.5 Å². The summed E-state index contributed by atoms with van der Waals surface area (Å²) in [5.74, 6) is 0.0871. The topological polar surface area (TPSA) is 52.6 Å². The molecule has 1 aromatic rings. The largest absolute Gasteiger partial charge is 0.387 e. The molecule has 0 saturated heterocycles. The lowest BCUT2D eigenvalue weighted by Gasteiger charge is -2.21. The van der Waals surface area contributed by atoms with Gasteiger partial charge in [0.05, 0.1) is 6.10 Å². The molecule has 4 nitrogen and oxygen atoms in total. The van der Waals surface area contributed by atoms with Gasteiger partial charge in [-0.15, -0.1) is 0 Å². The Morgan fingerprint density at radius 3 is 2.23 bits per heavy atom. The summed E-state index contributed by atoms with van der Waals surface area (Å²) in [5.41, 5.74) is 2.26. The van der Waals surface area contributed by atoms with Crippen molar-refractivity contribution in [2.24, 2.45) is 0 Å². The van der Waals surface area contributed by atoms with Crippen LogP contribution in [-0.4, -0.2) is 42.6 Å². The highest BCUT2D eigenvalue weighted by Gasteiger charge is 2.16. The first-order chi connectivity index (χ1) is 10.1. The van der Waals surface area contributed by atoms with Crippen molar-refractivity contribution in [1.82, 2.24) is 10.2 Å². The second kappa shape index (κ2) is 7.75. The first kappa shape index (κ1) is 18.7. The Morgan fingerprint density at radius 1 is 1.23 bits per heavy atom. The molecular weight excluding hydrogens is 276 g/mol. The Morgan fingerprint density at radius 2 is 1.77 bits per heavy atom. The number of nitrogens with zero attached hydrogens (tertiary/aromatic N) is 1. The Balaban J connectivity index is 2.52. The molecule has 4 heteroatoms. The monoisotopic (exact) mass is 306 g/mol. The number of rotatable bonds is 6. The van der Waals surface area contributed by atoms with Gasteiger partial charge in [0.1, 0.15) is 0 Å². The molecule has 0 radical (unpaired) electrons. The molecule has 0 aliphatic carbocycles. The van der Waals surface area contributed by atoms with Gasteiger partial charge >= 0.3 is 0 Å². The van der Waals surface area contributed by atoms with Crippen LogP contribution in [0.25, 0.3) is 0 Å². The van der Waals surface area contributed by atoms with Gasteiger partial charge in [-0.3, -0.25) is 4.79 Å². The lowest BCUT2D eigenvalue weighted by Crippen LogP contribution is -2.35. The smallest absolute Gasteiger partial charge is 0.223 e. The number of aliphatic hydroxyl groups excluding tert-OH is 1. The molecule has 2 unspecified atom stereocenters. The molecule has 0 aliphatic heterocycles. The van der Waals surface area contributed by atoms with Crippen LogP contribution < -0.4 is 5.32 Å². The van der Waals surface area contributed by atoms with Gasteiger partial charge in [0.25, 0.3) is 0 Å². The standard InChI is InChI=1S/C18H30N2O2/c1-13(11-17(22)20(5)6)19-12-16(21)14-7-9-15(10-8-14)18(2,3)4/h7-10,13,16,19,21H,11-12H2,1-6H3.